The molecule has 3 aromatic rings. The highest BCUT2D eigenvalue weighted by atomic mass is 35.5. The summed E-state index contributed by atoms with van der Waals surface area (Å²) in [5.74, 6) is 0.500. The summed E-state index contributed by atoms with van der Waals surface area (Å²) < 4.78 is 1.88. The Balaban J connectivity index is 1.66. The average molecular weight is 410 g/mol. The molecular weight excluding hydrogens is 393 g/mol. The molecule has 1 aliphatic heterocycles. The van der Waals surface area contributed by atoms with E-state index in [0.717, 1.165) is 22.6 Å². The smallest absolute Gasteiger partial charge is 0.160 e. The van der Waals surface area contributed by atoms with Crippen LogP contribution in [0.4, 0.5) is 5.69 Å². The van der Waals surface area contributed by atoms with E-state index in [1.807, 2.05) is 34.7 Å². The van der Waals surface area contributed by atoms with Gasteiger partial charge < -0.3 is 15.5 Å². The van der Waals surface area contributed by atoms with Crippen LogP contribution in [0.25, 0.3) is 5.65 Å². The van der Waals surface area contributed by atoms with Crippen molar-refractivity contribution in [1.29, 1.82) is 0 Å². The average Bonchev–Trinajstić information content (AvgIpc) is 3.17. The molecule has 0 amide bonds. The summed E-state index contributed by atoms with van der Waals surface area (Å²) in [6.45, 7) is 0.582. The number of rotatable bonds is 4. The van der Waals surface area contributed by atoms with Crippen molar-refractivity contribution >= 4 is 46.3 Å². The number of imidazole rings is 1. The van der Waals surface area contributed by atoms with Crippen LogP contribution < -0.4 is 5.32 Å². The van der Waals surface area contributed by atoms with Crippen molar-refractivity contribution in [3.8, 4) is 0 Å². The number of aliphatic hydroxyl groups excluding tert-OH is 2. The van der Waals surface area contributed by atoms with Gasteiger partial charge in [-0.2, -0.15) is 0 Å². The Morgan fingerprint density at radius 3 is 2.81 bits per heavy atom. The fraction of sp³-hybridized carbons (Fsp3) is 0.278. The van der Waals surface area contributed by atoms with Crippen molar-refractivity contribution in [2.24, 2.45) is 0 Å². The van der Waals surface area contributed by atoms with Crippen LogP contribution >= 0.6 is 35.0 Å². The fourth-order valence-corrected chi connectivity index (χ4v) is 4.86. The Morgan fingerprint density at radius 2 is 2.08 bits per heavy atom. The van der Waals surface area contributed by atoms with Crippen molar-refractivity contribution in [3.63, 3.8) is 0 Å². The molecule has 5 nitrogen and oxygen atoms in total. The van der Waals surface area contributed by atoms with Crippen LogP contribution in [-0.2, 0) is 6.54 Å². The van der Waals surface area contributed by atoms with Crippen molar-refractivity contribution in [1.82, 2.24) is 9.38 Å². The molecule has 2 aromatic heterocycles. The van der Waals surface area contributed by atoms with Crippen LogP contribution in [0.1, 0.15) is 16.5 Å². The number of hydrogen-bond acceptors (Lipinski definition) is 5. The summed E-state index contributed by atoms with van der Waals surface area (Å²) in [4.78, 5) is 4.50. The number of nitrogens with zero attached hydrogens (tertiary/aromatic N) is 2. The number of aliphatic hydroxyl groups is 2. The quantitative estimate of drug-likeness (QED) is 0.611. The molecule has 136 valence electrons. The summed E-state index contributed by atoms with van der Waals surface area (Å²) in [7, 11) is 0. The highest BCUT2D eigenvalue weighted by Crippen LogP contribution is 2.41. The lowest BCUT2D eigenvalue weighted by Crippen LogP contribution is -2.25. The molecule has 0 aliphatic carbocycles. The van der Waals surface area contributed by atoms with Crippen molar-refractivity contribution in [3.05, 3.63) is 64.0 Å². The second-order valence-electron chi connectivity index (χ2n) is 6.24. The molecule has 1 saturated heterocycles. The Labute approximate surface area is 165 Å². The second-order valence-corrected chi connectivity index (χ2v) is 8.29. The molecule has 1 aliphatic rings. The molecule has 4 rings (SSSR count). The summed E-state index contributed by atoms with van der Waals surface area (Å²) in [6, 6.07) is 9.46. The standard InChI is InChI=1S/C18H17Cl2N3O2S/c19-11-3-1-2-10(4-11)6-21-13-5-12(20)8-23-14(7-22-18(13)23)17-16(25)15(24)9-26-17/h1-5,7-8,15-17,21,24-25H,6,9H2/t15-,16-,17+/m1/s1. The normalized spacial score (nSPS) is 22.8. The van der Waals surface area contributed by atoms with Gasteiger partial charge in [0.05, 0.1) is 40.1 Å². The van der Waals surface area contributed by atoms with E-state index >= 15 is 0 Å². The molecule has 3 heterocycles. The molecular formula is C18H17Cl2N3O2S. The molecule has 0 bridgehead atoms. The Morgan fingerprint density at radius 1 is 1.23 bits per heavy atom. The molecule has 0 spiro atoms. The SMILES string of the molecule is O[C@@H]1[C@H](O)CS[C@H]1c1cnc2c(NCc3cccc(Cl)c3)cc(Cl)cn12. The highest BCUT2D eigenvalue weighted by Gasteiger charge is 2.37. The van der Waals surface area contributed by atoms with Gasteiger partial charge in [0.25, 0.3) is 0 Å². The van der Waals surface area contributed by atoms with Crippen molar-refractivity contribution < 1.29 is 10.2 Å². The van der Waals surface area contributed by atoms with Crippen LogP contribution in [0.2, 0.25) is 10.0 Å². The molecule has 0 radical (unpaired) electrons. The van der Waals surface area contributed by atoms with Crippen molar-refractivity contribution in [2.75, 3.05) is 11.1 Å². The zero-order valence-corrected chi connectivity index (χ0v) is 16.0. The van der Waals surface area contributed by atoms with E-state index in [1.54, 1.807) is 12.4 Å². The third kappa shape index (κ3) is 3.40. The van der Waals surface area contributed by atoms with Gasteiger partial charge in [-0.05, 0) is 23.8 Å². The Hall–Kier alpha value is -1.44. The zero-order valence-electron chi connectivity index (χ0n) is 13.6. The van der Waals surface area contributed by atoms with Crippen LogP contribution in [0, 0.1) is 0 Å². The summed E-state index contributed by atoms with van der Waals surface area (Å²) in [6.07, 6.45) is 1.97. The van der Waals surface area contributed by atoms with Crippen LogP contribution in [0.3, 0.4) is 0 Å². The number of hydrogen-bond donors (Lipinski definition) is 3. The van der Waals surface area contributed by atoms with Gasteiger partial charge in [-0.15, -0.1) is 11.8 Å². The number of fused-ring (bicyclic) bond motifs is 1. The maximum Gasteiger partial charge on any atom is 0.160 e. The van der Waals surface area contributed by atoms with E-state index < -0.39 is 12.2 Å². The van der Waals surface area contributed by atoms with Gasteiger partial charge in [0.1, 0.15) is 0 Å². The molecule has 0 unspecified atom stereocenters. The summed E-state index contributed by atoms with van der Waals surface area (Å²) >= 11 is 13.9. The van der Waals surface area contributed by atoms with Gasteiger partial charge in [0, 0.05) is 23.5 Å². The predicted octanol–water partition coefficient (Wildman–Crippen LogP) is 3.76. The third-order valence-corrected chi connectivity index (χ3v) is 6.27. The minimum atomic E-state index is -0.818. The van der Waals surface area contributed by atoms with Gasteiger partial charge in [-0.1, -0.05) is 35.3 Å². The topological polar surface area (TPSA) is 69.8 Å². The number of thioether (sulfide) groups is 1. The Kier molecular flexibility index (Phi) is 5.03. The van der Waals surface area contributed by atoms with E-state index in [-0.39, 0.29) is 5.25 Å². The first-order chi connectivity index (χ1) is 12.5. The first kappa shape index (κ1) is 17.9. The van der Waals surface area contributed by atoms with Gasteiger partial charge >= 0.3 is 0 Å². The number of aromatic nitrogens is 2. The second kappa shape index (κ2) is 7.29. The monoisotopic (exact) mass is 409 g/mol. The lowest BCUT2D eigenvalue weighted by atomic mass is 10.1. The number of anilines is 1. The molecule has 3 atom stereocenters. The highest BCUT2D eigenvalue weighted by molar-refractivity contribution is 7.99. The lowest BCUT2D eigenvalue weighted by Gasteiger charge is -2.16. The van der Waals surface area contributed by atoms with E-state index in [9.17, 15) is 10.2 Å². The van der Waals surface area contributed by atoms with E-state index in [2.05, 4.69) is 10.3 Å². The predicted molar refractivity (Wildman–Crippen MR) is 106 cm³/mol. The molecule has 3 N–H and O–H groups in total. The van der Waals surface area contributed by atoms with E-state index in [0.29, 0.717) is 22.3 Å². The van der Waals surface area contributed by atoms with E-state index in [4.69, 9.17) is 23.2 Å². The molecule has 8 heteroatoms. The van der Waals surface area contributed by atoms with E-state index in [1.165, 1.54) is 11.8 Å². The van der Waals surface area contributed by atoms with Gasteiger partial charge in [-0.25, -0.2) is 4.98 Å². The van der Waals surface area contributed by atoms with Gasteiger partial charge in [0.2, 0.25) is 0 Å². The summed E-state index contributed by atoms with van der Waals surface area (Å²) in [5, 5.41) is 24.4. The van der Waals surface area contributed by atoms with Crippen molar-refractivity contribution in [2.45, 2.75) is 24.0 Å². The lowest BCUT2D eigenvalue weighted by molar-refractivity contribution is 0.0411. The first-order valence-electron chi connectivity index (χ1n) is 8.15. The Bertz CT molecular complexity index is 949. The van der Waals surface area contributed by atoms with Crippen LogP contribution in [0.15, 0.2) is 42.7 Å². The van der Waals surface area contributed by atoms with Gasteiger partial charge in [0.15, 0.2) is 5.65 Å². The largest absolute Gasteiger partial charge is 0.390 e. The van der Waals surface area contributed by atoms with Gasteiger partial charge in [-0.3, -0.25) is 4.40 Å². The minimum Gasteiger partial charge on any atom is -0.390 e. The van der Waals surface area contributed by atoms with Crippen LogP contribution in [-0.4, -0.2) is 37.6 Å². The number of nitrogens with one attached hydrogen (secondary N) is 1. The third-order valence-electron chi connectivity index (χ3n) is 4.42. The maximum atomic E-state index is 10.2. The molecule has 0 saturated carbocycles. The number of halogens is 2. The molecule has 26 heavy (non-hydrogen) atoms. The number of benzene rings is 1. The fourth-order valence-electron chi connectivity index (χ4n) is 3.12. The first-order valence-corrected chi connectivity index (χ1v) is 9.96. The number of pyridine rings is 1. The molecule has 1 aromatic carbocycles. The zero-order chi connectivity index (χ0) is 18.3. The summed E-state index contributed by atoms with van der Waals surface area (Å²) in [5.41, 5.74) is 3.39. The molecule has 1 fully saturated rings. The minimum absolute atomic E-state index is 0.237. The maximum absolute atomic E-state index is 10.2. The van der Waals surface area contributed by atoms with Crippen LogP contribution in [0.5, 0.6) is 0 Å².